The molecule has 6 heteroatoms. The largest absolute Gasteiger partial charge is 0.295 e. The smallest absolute Gasteiger partial charge is 0.244 e. The summed E-state index contributed by atoms with van der Waals surface area (Å²) in [5.41, 5.74) is 1.26. The van der Waals surface area contributed by atoms with Crippen molar-refractivity contribution in [2.45, 2.75) is 30.8 Å². The normalized spacial score (nSPS) is 20.6. The van der Waals surface area contributed by atoms with E-state index < -0.39 is 10.0 Å². The molecule has 0 saturated carbocycles. The molecule has 0 bridgehead atoms. The van der Waals surface area contributed by atoms with E-state index in [1.165, 1.54) is 11.8 Å². The number of hydrogen-bond donors (Lipinski definition) is 0. The first-order valence-electron chi connectivity index (χ1n) is 8.25. The number of rotatable bonds is 4. The average molecular weight is 345 g/mol. The van der Waals surface area contributed by atoms with Crippen molar-refractivity contribution < 1.29 is 8.42 Å². The monoisotopic (exact) mass is 345 g/mol. The summed E-state index contributed by atoms with van der Waals surface area (Å²) >= 11 is 0. The maximum absolute atomic E-state index is 12.8. The molecule has 1 aromatic heterocycles. The van der Waals surface area contributed by atoms with Crippen LogP contribution in [0.1, 0.15) is 18.9 Å². The molecule has 1 aromatic carbocycles. The fourth-order valence-electron chi connectivity index (χ4n) is 3.03. The van der Waals surface area contributed by atoms with Gasteiger partial charge in [-0.05, 0) is 31.0 Å². The molecule has 2 aromatic rings. The van der Waals surface area contributed by atoms with Crippen LogP contribution < -0.4 is 0 Å². The first-order valence-corrected chi connectivity index (χ1v) is 9.69. The van der Waals surface area contributed by atoms with Crippen LogP contribution in [0.2, 0.25) is 0 Å². The average Bonchev–Trinajstić information content (AvgIpc) is 2.79. The number of nitrogens with zero attached hydrogens (tertiary/aromatic N) is 3. The highest BCUT2D eigenvalue weighted by molar-refractivity contribution is 7.89. The van der Waals surface area contributed by atoms with Crippen molar-refractivity contribution in [3.8, 4) is 0 Å². The molecule has 0 amide bonds. The van der Waals surface area contributed by atoms with Crippen LogP contribution >= 0.6 is 0 Å². The Balaban J connectivity index is 1.72. The van der Waals surface area contributed by atoms with Crippen molar-refractivity contribution in [1.82, 2.24) is 14.2 Å². The van der Waals surface area contributed by atoms with E-state index in [0.29, 0.717) is 19.1 Å². The molecule has 1 aliphatic rings. The molecular formula is C18H23N3O2S. The number of aromatic nitrogens is 1. The minimum atomic E-state index is -3.46. The molecule has 5 nitrogen and oxygen atoms in total. The third-order valence-electron chi connectivity index (χ3n) is 4.56. The third kappa shape index (κ3) is 3.83. The zero-order valence-electron chi connectivity index (χ0n) is 13.9. The third-order valence-corrected chi connectivity index (χ3v) is 6.44. The molecule has 1 aliphatic heterocycles. The van der Waals surface area contributed by atoms with E-state index in [1.807, 2.05) is 18.2 Å². The van der Waals surface area contributed by atoms with Gasteiger partial charge in [0.25, 0.3) is 0 Å². The predicted octanol–water partition coefficient (Wildman–Crippen LogP) is 2.37. The second-order valence-corrected chi connectivity index (χ2v) is 8.12. The van der Waals surface area contributed by atoms with Gasteiger partial charge in [0, 0.05) is 44.6 Å². The molecule has 0 unspecified atom stereocenters. The lowest BCUT2D eigenvalue weighted by Crippen LogP contribution is -2.36. The first kappa shape index (κ1) is 17.1. The van der Waals surface area contributed by atoms with E-state index in [1.54, 1.807) is 22.6 Å². The van der Waals surface area contributed by atoms with E-state index in [0.717, 1.165) is 19.5 Å². The van der Waals surface area contributed by atoms with Crippen molar-refractivity contribution >= 4 is 10.0 Å². The van der Waals surface area contributed by atoms with Crippen molar-refractivity contribution in [2.75, 3.05) is 19.6 Å². The summed E-state index contributed by atoms with van der Waals surface area (Å²) in [5.74, 6) is 0. The van der Waals surface area contributed by atoms with Gasteiger partial charge >= 0.3 is 0 Å². The van der Waals surface area contributed by atoms with E-state index in [-0.39, 0.29) is 4.90 Å². The van der Waals surface area contributed by atoms with Crippen LogP contribution in [-0.2, 0) is 16.6 Å². The quantitative estimate of drug-likeness (QED) is 0.854. The summed E-state index contributed by atoms with van der Waals surface area (Å²) in [6.07, 6.45) is 3.84. The molecule has 0 N–H and O–H groups in total. The van der Waals surface area contributed by atoms with E-state index in [4.69, 9.17) is 0 Å². The maximum Gasteiger partial charge on any atom is 0.244 e. The van der Waals surface area contributed by atoms with Crippen LogP contribution in [0.5, 0.6) is 0 Å². The minimum Gasteiger partial charge on any atom is -0.295 e. The Morgan fingerprint density at radius 1 is 1.08 bits per heavy atom. The van der Waals surface area contributed by atoms with Gasteiger partial charge in [-0.3, -0.25) is 9.88 Å². The van der Waals surface area contributed by atoms with E-state index >= 15 is 0 Å². The first-order chi connectivity index (χ1) is 11.6. The number of pyridine rings is 1. The van der Waals surface area contributed by atoms with Gasteiger partial charge in [-0.1, -0.05) is 30.3 Å². The highest BCUT2D eigenvalue weighted by Crippen LogP contribution is 2.20. The highest BCUT2D eigenvalue weighted by atomic mass is 32.2. The summed E-state index contributed by atoms with van der Waals surface area (Å²) in [5, 5.41) is 0. The lowest BCUT2D eigenvalue weighted by Gasteiger charge is -2.26. The van der Waals surface area contributed by atoms with Gasteiger partial charge in [-0.15, -0.1) is 0 Å². The van der Waals surface area contributed by atoms with Crippen LogP contribution in [0.15, 0.2) is 59.8 Å². The molecule has 24 heavy (non-hydrogen) atoms. The van der Waals surface area contributed by atoms with Crippen molar-refractivity contribution in [3.63, 3.8) is 0 Å². The molecular weight excluding hydrogens is 322 g/mol. The molecule has 1 saturated heterocycles. The Morgan fingerprint density at radius 3 is 2.58 bits per heavy atom. The molecule has 1 fully saturated rings. The Labute approximate surface area is 144 Å². The van der Waals surface area contributed by atoms with Crippen molar-refractivity contribution in [1.29, 1.82) is 0 Å². The summed E-state index contributed by atoms with van der Waals surface area (Å²) in [7, 11) is -3.46. The van der Waals surface area contributed by atoms with Crippen molar-refractivity contribution in [2.24, 2.45) is 0 Å². The zero-order valence-corrected chi connectivity index (χ0v) is 14.7. The Kier molecular flexibility index (Phi) is 5.28. The van der Waals surface area contributed by atoms with Gasteiger partial charge in [-0.2, -0.15) is 4.31 Å². The number of benzene rings is 1. The molecule has 3 rings (SSSR count). The van der Waals surface area contributed by atoms with Crippen LogP contribution in [0.25, 0.3) is 0 Å². The number of hydrogen-bond acceptors (Lipinski definition) is 4. The molecule has 0 spiro atoms. The molecule has 128 valence electrons. The second-order valence-electron chi connectivity index (χ2n) is 6.19. The van der Waals surface area contributed by atoms with Crippen LogP contribution in [0.3, 0.4) is 0 Å². The van der Waals surface area contributed by atoms with Gasteiger partial charge in [-0.25, -0.2) is 8.42 Å². The topological polar surface area (TPSA) is 53.5 Å². The Bertz CT molecular complexity index is 750. The predicted molar refractivity (Wildman–Crippen MR) is 93.9 cm³/mol. The van der Waals surface area contributed by atoms with Crippen LogP contribution in [0.4, 0.5) is 0 Å². The summed E-state index contributed by atoms with van der Waals surface area (Å²) in [6, 6.07) is 13.9. The zero-order chi connectivity index (χ0) is 17.0. The lowest BCUT2D eigenvalue weighted by atomic mass is 10.1. The maximum atomic E-state index is 12.8. The van der Waals surface area contributed by atoms with E-state index in [9.17, 15) is 8.42 Å². The summed E-state index contributed by atoms with van der Waals surface area (Å²) in [4.78, 5) is 6.57. The van der Waals surface area contributed by atoms with Gasteiger partial charge in [0.05, 0.1) is 0 Å². The van der Waals surface area contributed by atoms with Gasteiger partial charge in [0.2, 0.25) is 10.0 Å². The SMILES string of the molecule is C[C@@H]1CCN(S(=O)(=O)c2cccnc2)CCN1Cc1ccccc1. The van der Waals surface area contributed by atoms with Gasteiger partial charge in [0.15, 0.2) is 0 Å². The fraction of sp³-hybridized carbons (Fsp3) is 0.389. The molecule has 2 heterocycles. The highest BCUT2D eigenvalue weighted by Gasteiger charge is 2.29. The Hall–Kier alpha value is -1.76. The fourth-order valence-corrected chi connectivity index (χ4v) is 4.44. The lowest BCUT2D eigenvalue weighted by molar-refractivity contribution is 0.210. The summed E-state index contributed by atoms with van der Waals surface area (Å²) < 4.78 is 27.1. The Morgan fingerprint density at radius 2 is 1.88 bits per heavy atom. The van der Waals surface area contributed by atoms with Gasteiger partial charge in [0.1, 0.15) is 4.90 Å². The van der Waals surface area contributed by atoms with Crippen LogP contribution in [0, 0.1) is 0 Å². The molecule has 0 radical (unpaired) electrons. The minimum absolute atomic E-state index is 0.272. The van der Waals surface area contributed by atoms with E-state index in [2.05, 4.69) is 28.9 Å². The summed E-state index contributed by atoms with van der Waals surface area (Å²) in [6.45, 7) is 4.81. The molecule has 1 atom stereocenters. The van der Waals surface area contributed by atoms with Crippen molar-refractivity contribution in [3.05, 3.63) is 60.4 Å². The standard InChI is InChI=1S/C18H23N3O2S/c1-16-9-11-21(24(22,23)18-8-5-10-19-14-18)13-12-20(16)15-17-6-3-2-4-7-17/h2-8,10,14,16H,9,11-13,15H2,1H3/t16-/m1/s1. The molecule has 0 aliphatic carbocycles. The van der Waals surface area contributed by atoms with Gasteiger partial charge < -0.3 is 0 Å². The van der Waals surface area contributed by atoms with Crippen LogP contribution in [-0.4, -0.2) is 48.3 Å². The number of sulfonamides is 1. The second kappa shape index (κ2) is 7.42.